The Bertz CT molecular complexity index is 213. The Balaban J connectivity index is 2.74. The van der Waals surface area contributed by atoms with Crippen molar-refractivity contribution in [3.05, 3.63) is 16.4 Å². The molecule has 0 aromatic carbocycles. The van der Waals surface area contributed by atoms with Gasteiger partial charge in [0.05, 0.1) is 11.4 Å². The Kier molecular flexibility index (Phi) is 2.88. The Hall–Kier alpha value is 0.130. The van der Waals surface area contributed by atoms with Crippen LogP contribution in [0.4, 0.5) is 0 Å². The minimum atomic E-state index is -0.161. The van der Waals surface area contributed by atoms with Crippen LogP contribution >= 0.6 is 31.9 Å². The average molecular weight is 271 g/mol. The predicted octanol–water partition coefficient (Wildman–Crippen LogP) is 1.87. The first kappa shape index (κ1) is 8.23. The lowest BCUT2D eigenvalue weighted by Crippen LogP contribution is -1.91. The van der Waals surface area contributed by atoms with Crippen molar-refractivity contribution >= 4 is 31.9 Å². The summed E-state index contributed by atoms with van der Waals surface area (Å²) in [7, 11) is 0. The second-order valence-electron chi connectivity index (χ2n) is 1.70. The first-order valence-corrected chi connectivity index (χ1v) is 4.32. The summed E-state index contributed by atoms with van der Waals surface area (Å²) in [6, 6.07) is 1.70. The fraction of sp³-hybridized carbons (Fsp3) is 0.400. The van der Waals surface area contributed by atoms with Gasteiger partial charge in [-0.15, -0.1) is 0 Å². The van der Waals surface area contributed by atoms with Gasteiger partial charge in [0.25, 0.3) is 0 Å². The molecule has 3 nitrogen and oxygen atoms in total. The second kappa shape index (κ2) is 3.50. The van der Waals surface area contributed by atoms with Crippen LogP contribution in [0.2, 0.25) is 0 Å². The van der Waals surface area contributed by atoms with Crippen molar-refractivity contribution in [3.8, 4) is 0 Å². The maximum Gasteiger partial charge on any atom is 0.153 e. The number of halogens is 2. The summed E-state index contributed by atoms with van der Waals surface area (Å²) in [5.74, 6) is 0.620. The molecule has 0 aliphatic rings. The van der Waals surface area contributed by atoms with Crippen molar-refractivity contribution in [1.29, 1.82) is 0 Å². The Morgan fingerprint density at radius 3 is 2.90 bits per heavy atom. The van der Waals surface area contributed by atoms with Gasteiger partial charge in [-0.3, -0.25) is 0 Å². The van der Waals surface area contributed by atoms with Crippen molar-refractivity contribution in [2.24, 2.45) is 0 Å². The van der Waals surface area contributed by atoms with Crippen LogP contribution in [-0.2, 0) is 0 Å². The van der Waals surface area contributed by atoms with E-state index in [2.05, 4.69) is 37.0 Å². The maximum atomic E-state index is 8.65. The molecule has 0 fully saturated rings. The normalized spacial score (nSPS) is 13.5. The van der Waals surface area contributed by atoms with Gasteiger partial charge >= 0.3 is 0 Å². The van der Waals surface area contributed by atoms with E-state index in [1.807, 2.05) is 0 Å². The molecule has 0 saturated heterocycles. The first-order chi connectivity index (χ1) is 4.74. The third-order valence-corrected chi connectivity index (χ3v) is 2.08. The Morgan fingerprint density at radius 2 is 2.50 bits per heavy atom. The number of hydrogen-bond donors (Lipinski definition) is 1. The molecule has 5 heteroatoms. The van der Waals surface area contributed by atoms with Gasteiger partial charge < -0.3 is 9.63 Å². The van der Waals surface area contributed by atoms with E-state index < -0.39 is 0 Å². The monoisotopic (exact) mass is 269 g/mol. The quantitative estimate of drug-likeness (QED) is 0.835. The van der Waals surface area contributed by atoms with Gasteiger partial charge in [0.2, 0.25) is 0 Å². The highest BCUT2D eigenvalue weighted by molar-refractivity contribution is 9.10. The fourth-order valence-electron chi connectivity index (χ4n) is 0.504. The van der Waals surface area contributed by atoms with Crippen molar-refractivity contribution < 1.29 is 9.63 Å². The molecular weight excluding hydrogens is 266 g/mol. The molecule has 1 aromatic rings. The lowest BCUT2D eigenvalue weighted by atomic mass is 10.3. The van der Waals surface area contributed by atoms with Gasteiger partial charge in [0.15, 0.2) is 5.76 Å². The number of rotatable bonds is 2. The maximum absolute atomic E-state index is 8.65. The highest BCUT2D eigenvalue weighted by Gasteiger charge is 2.10. The van der Waals surface area contributed by atoms with Gasteiger partial charge in [0.1, 0.15) is 4.60 Å². The molecule has 0 radical (unpaired) electrons. The van der Waals surface area contributed by atoms with E-state index in [0.717, 1.165) is 0 Å². The van der Waals surface area contributed by atoms with Crippen LogP contribution in [0.25, 0.3) is 0 Å². The van der Waals surface area contributed by atoms with Gasteiger partial charge in [-0.2, -0.15) is 0 Å². The number of nitrogens with zero attached hydrogens (tertiary/aromatic N) is 1. The van der Waals surface area contributed by atoms with E-state index in [1.54, 1.807) is 6.07 Å². The molecule has 1 heterocycles. The molecule has 0 aliphatic carbocycles. The summed E-state index contributed by atoms with van der Waals surface area (Å²) in [4.78, 5) is -0.161. The average Bonchev–Trinajstić information content (AvgIpc) is 2.34. The zero-order valence-corrected chi connectivity index (χ0v) is 8.09. The minimum Gasteiger partial charge on any atom is -0.395 e. The van der Waals surface area contributed by atoms with Crippen LogP contribution in [0.1, 0.15) is 10.6 Å². The highest BCUT2D eigenvalue weighted by atomic mass is 79.9. The van der Waals surface area contributed by atoms with Crippen LogP contribution in [0, 0.1) is 0 Å². The van der Waals surface area contributed by atoms with Crippen LogP contribution in [0.5, 0.6) is 0 Å². The molecule has 1 aromatic heterocycles. The van der Waals surface area contributed by atoms with Crippen molar-refractivity contribution in [2.75, 3.05) is 6.61 Å². The molecule has 0 saturated carbocycles. The number of aromatic nitrogens is 1. The van der Waals surface area contributed by atoms with Crippen LogP contribution in [-0.4, -0.2) is 16.9 Å². The largest absolute Gasteiger partial charge is 0.395 e. The molecular formula is C5H5Br2NO2. The van der Waals surface area contributed by atoms with E-state index in [4.69, 9.17) is 9.63 Å². The highest BCUT2D eigenvalue weighted by Crippen LogP contribution is 2.23. The molecule has 1 atom stereocenters. The van der Waals surface area contributed by atoms with Crippen LogP contribution < -0.4 is 0 Å². The third kappa shape index (κ3) is 1.81. The van der Waals surface area contributed by atoms with Gasteiger partial charge in [-0.05, 0) is 15.9 Å². The Morgan fingerprint density at radius 1 is 1.80 bits per heavy atom. The molecule has 1 rings (SSSR count). The summed E-state index contributed by atoms with van der Waals surface area (Å²) in [6.45, 7) is 0.00162. The van der Waals surface area contributed by atoms with Gasteiger partial charge in [-0.25, -0.2) is 0 Å². The minimum absolute atomic E-state index is 0.00162. The number of aliphatic hydroxyl groups is 1. The van der Waals surface area contributed by atoms with Gasteiger partial charge in [0, 0.05) is 6.07 Å². The molecule has 10 heavy (non-hydrogen) atoms. The number of hydrogen-bond acceptors (Lipinski definition) is 3. The summed E-state index contributed by atoms with van der Waals surface area (Å²) in [6.07, 6.45) is 0. The summed E-state index contributed by atoms with van der Waals surface area (Å²) in [5, 5.41) is 12.2. The first-order valence-electron chi connectivity index (χ1n) is 2.61. The van der Waals surface area contributed by atoms with Crippen LogP contribution in [0.3, 0.4) is 0 Å². The van der Waals surface area contributed by atoms with Crippen molar-refractivity contribution in [1.82, 2.24) is 5.16 Å². The standard InChI is InChI=1S/C5H5Br2NO2/c6-3(2-9)4-1-5(7)8-10-4/h1,3,9H,2H2. The van der Waals surface area contributed by atoms with E-state index >= 15 is 0 Å². The summed E-state index contributed by atoms with van der Waals surface area (Å²) in [5.41, 5.74) is 0. The molecule has 0 bridgehead atoms. The molecule has 0 aliphatic heterocycles. The number of aliphatic hydroxyl groups excluding tert-OH is 1. The lowest BCUT2D eigenvalue weighted by molar-refractivity contribution is 0.275. The lowest BCUT2D eigenvalue weighted by Gasteiger charge is -1.96. The zero-order valence-electron chi connectivity index (χ0n) is 4.92. The summed E-state index contributed by atoms with van der Waals surface area (Å²) >= 11 is 6.32. The fourth-order valence-corrected chi connectivity index (χ4v) is 1.02. The van der Waals surface area contributed by atoms with Crippen molar-refractivity contribution in [3.63, 3.8) is 0 Å². The third-order valence-electron chi connectivity index (χ3n) is 0.969. The van der Waals surface area contributed by atoms with Gasteiger partial charge in [-0.1, -0.05) is 21.1 Å². The smallest absolute Gasteiger partial charge is 0.153 e. The molecule has 1 unspecified atom stereocenters. The Labute approximate surface area is 74.7 Å². The van der Waals surface area contributed by atoms with E-state index in [0.29, 0.717) is 10.4 Å². The molecule has 0 amide bonds. The second-order valence-corrected chi connectivity index (χ2v) is 3.62. The SMILES string of the molecule is OCC(Br)c1cc(Br)no1. The van der Waals surface area contributed by atoms with E-state index in [1.165, 1.54) is 0 Å². The topological polar surface area (TPSA) is 46.3 Å². The predicted molar refractivity (Wildman–Crippen MR) is 43.0 cm³/mol. The van der Waals surface area contributed by atoms with Crippen molar-refractivity contribution in [2.45, 2.75) is 4.83 Å². The summed E-state index contributed by atoms with van der Waals surface area (Å²) < 4.78 is 5.45. The van der Waals surface area contributed by atoms with E-state index in [9.17, 15) is 0 Å². The molecule has 1 N–H and O–H groups in total. The van der Waals surface area contributed by atoms with E-state index in [-0.39, 0.29) is 11.4 Å². The molecule has 56 valence electrons. The number of alkyl halides is 1. The van der Waals surface area contributed by atoms with Crippen LogP contribution in [0.15, 0.2) is 15.2 Å². The molecule has 0 spiro atoms. The zero-order chi connectivity index (χ0) is 7.56.